The van der Waals surface area contributed by atoms with Gasteiger partial charge in [-0.25, -0.2) is 0 Å². The van der Waals surface area contributed by atoms with E-state index in [0.29, 0.717) is 19.6 Å². The average Bonchev–Trinajstić information content (AvgIpc) is 3.03. The second-order valence-corrected chi connectivity index (χ2v) is 10.7. The molecule has 1 saturated heterocycles. The van der Waals surface area contributed by atoms with Crippen molar-refractivity contribution in [1.29, 1.82) is 0 Å². The molecule has 4 heteroatoms. The molecule has 1 heterocycles. The molecular weight excluding hydrogens is 352 g/mol. The molecule has 0 aromatic rings. The summed E-state index contributed by atoms with van der Waals surface area (Å²) in [4.78, 5) is 13.2. The van der Waals surface area contributed by atoms with Gasteiger partial charge < -0.3 is 14.2 Å². The first-order valence-corrected chi connectivity index (χ1v) is 11.5. The zero-order valence-electron chi connectivity index (χ0n) is 19.5. The van der Waals surface area contributed by atoms with Crippen molar-refractivity contribution in [2.75, 3.05) is 13.2 Å². The van der Waals surface area contributed by atoms with E-state index in [1.165, 1.54) is 19.3 Å². The summed E-state index contributed by atoms with van der Waals surface area (Å²) >= 11 is 0. The van der Waals surface area contributed by atoms with Crippen molar-refractivity contribution in [1.82, 2.24) is 0 Å². The molecule has 2 aliphatic rings. The molecule has 1 saturated carbocycles. The van der Waals surface area contributed by atoms with E-state index in [1.54, 1.807) is 0 Å². The van der Waals surface area contributed by atoms with Gasteiger partial charge in [0.2, 0.25) is 0 Å². The van der Waals surface area contributed by atoms with E-state index < -0.39 is 5.41 Å². The van der Waals surface area contributed by atoms with Gasteiger partial charge in [-0.3, -0.25) is 4.79 Å². The normalized spacial score (nSPS) is 24.9. The van der Waals surface area contributed by atoms with Crippen LogP contribution in [0, 0.1) is 16.2 Å². The Kier molecular flexibility index (Phi) is 7.64. The molecular formula is C24H44O4. The highest BCUT2D eigenvalue weighted by Gasteiger charge is 2.50. The molecule has 2 atom stereocenters. The Bertz CT molecular complexity index is 519. The Morgan fingerprint density at radius 1 is 1.04 bits per heavy atom. The first-order chi connectivity index (χ1) is 13.0. The number of carbonyl (C=O) groups is 1. The SMILES string of the molecule is CCC(C)(C)CC(C)(C(=O)OCCC1COC2(CCCCC2)O1)C(C)(C)CC. The molecule has 0 amide bonds. The molecule has 0 radical (unpaired) electrons. The quantitative estimate of drug-likeness (QED) is 0.431. The van der Waals surface area contributed by atoms with Crippen LogP contribution in [0.5, 0.6) is 0 Å². The molecule has 0 aromatic heterocycles. The summed E-state index contributed by atoms with van der Waals surface area (Å²) in [5.41, 5.74) is -0.509. The summed E-state index contributed by atoms with van der Waals surface area (Å²) in [5, 5.41) is 0. The van der Waals surface area contributed by atoms with Gasteiger partial charge in [0.15, 0.2) is 5.79 Å². The number of esters is 1. The third-order valence-electron chi connectivity index (χ3n) is 7.82. The van der Waals surface area contributed by atoms with E-state index in [0.717, 1.165) is 32.1 Å². The number of ether oxygens (including phenoxy) is 3. The van der Waals surface area contributed by atoms with Crippen molar-refractivity contribution in [3.63, 3.8) is 0 Å². The maximum atomic E-state index is 13.2. The second-order valence-electron chi connectivity index (χ2n) is 10.7. The molecule has 1 spiro atoms. The summed E-state index contributed by atoms with van der Waals surface area (Å²) in [6, 6.07) is 0. The maximum Gasteiger partial charge on any atom is 0.312 e. The average molecular weight is 397 g/mol. The second kappa shape index (κ2) is 9.04. The summed E-state index contributed by atoms with van der Waals surface area (Å²) in [6.07, 6.45) is 9.22. The van der Waals surface area contributed by atoms with Crippen LogP contribution in [0.25, 0.3) is 0 Å². The number of hydrogen-bond donors (Lipinski definition) is 0. The van der Waals surface area contributed by atoms with Crippen molar-refractivity contribution >= 4 is 5.97 Å². The predicted octanol–water partition coefficient (Wildman–Crippen LogP) is 6.26. The highest BCUT2D eigenvalue weighted by atomic mass is 16.7. The molecule has 2 rings (SSSR count). The third-order valence-corrected chi connectivity index (χ3v) is 7.82. The largest absolute Gasteiger partial charge is 0.465 e. The van der Waals surface area contributed by atoms with Gasteiger partial charge >= 0.3 is 5.97 Å². The molecule has 28 heavy (non-hydrogen) atoms. The fraction of sp³-hybridized carbons (Fsp3) is 0.958. The van der Waals surface area contributed by atoms with E-state index in [2.05, 4.69) is 48.5 Å². The lowest BCUT2D eigenvalue weighted by Gasteiger charge is -2.45. The van der Waals surface area contributed by atoms with Gasteiger partial charge in [0.1, 0.15) is 0 Å². The minimum atomic E-state index is -0.501. The molecule has 2 unspecified atom stereocenters. The maximum absolute atomic E-state index is 13.2. The number of carbonyl (C=O) groups excluding carboxylic acids is 1. The van der Waals surface area contributed by atoms with E-state index in [-0.39, 0.29) is 28.7 Å². The lowest BCUT2D eigenvalue weighted by Crippen LogP contribution is -2.46. The minimum absolute atomic E-state index is 0.0448. The van der Waals surface area contributed by atoms with Crippen LogP contribution in [0.4, 0.5) is 0 Å². The summed E-state index contributed by atoms with van der Waals surface area (Å²) in [7, 11) is 0. The van der Waals surface area contributed by atoms with Crippen LogP contribution in [0.15, 0.2) is 0 Å². The molecule has 1 aliphatic heterocycles. The monoisotopic (exact) mass is 396 g/mol. The Labute approximate surface area is 173 Å². The fourth-order valence-electron chi connectivity index (χ4n) is 4.61. The van der Waals surface area contributed by atoms with Crippen molar-refractivity contribution in [3.05, 3.63) is 0 Å². The zero-order valence-corrected chi connectivity index (χ0v) is 19.5. The van der Waals surface area contributed by atoms with E-state index in [4.69, 9.17) is 14.2 Å². The molecule has 164 valence electrons. The lowest BCUT2D eigenvalue weighted by atomic mass is 9.58. The summed E-state index contributed by atoms with van der Waals surface area (Å²) in [5.74, 6) is -0.413. The van der Waals surface area contributed by atoms with E-state index >= 15 is 0 Å². The predicted molar refractivity (Wildman–Crippen MR) is 113 cm³/mol. The van der Waals surface area contributed by atoms with E-state index in [1.807, 2.05) is 0 Å². The van der Waals surface area contributed by atoms with Crippen molar-refractivity contribution in [3.8, 4) is 0 Å². The van der Waals surface area contributed by atoms with Gasteiger partial charge in [0.05, 0.1) is 24.7 Å². The van der Waals surface area contributed by atoms with Crippen molar-refractivity contribution in [2.24, 2.45) is 16.2 Å². The van der Waals surface area contributed by atoms with E-state index in [9.17, 15) is 4.79 Å². The number of hydrogen-bond acceptors (Lipinski definition) is 4. The van der Waals surface area contributed by atoms with Crippen LogP contribution in [0.2, 0.25) is 0 Å². The van der Waals surface area contributed by atoms with Crippen LogP contribution < -0.4 is 0 Å². The van der Waals surface area contributed by atoms with Gasteiger partial charge in [0.25, 0.3) is 0 Å². The van der Waals surface area contributed by atoms with Crippen LogP contribution >= 0.6 is 0 Å². The van der Waals surface area contributed by atoms with Crippen LogP contribution in [0.1, 0.15) is 106 Å². The molecule has 0 aromatic carbocycles. The highest BCUT2D eigenvalue weighted by molar-refractivity contribution is 5.77. The Morgan fingerprint density at radius 3 is 2.25 bits per heavy atom. The van der Waals surface area contributed by atoms with Gasteiger partial charge in [0, 0.05) is 19.3 Å². The van der Waals surface area contributed by atoms with Crippen LogP contribution in [-0.2, 0) is 19.0 Å². The van der Waals surface area contributed by atoms with Crippen LogP contribution in [-0.4, -0.2) is 31.1 Å². The minimum Gasteiger partial charge on any atom is -0.465 e. The zero-order chi connectivity index (χ0) is 21.1. The first kappa shape index (κ1) is 23.7. The molecule has 1 aliphatic carbocycles. The third kappa shape index (κ3) is 5.30. The molecule has 2 fully saturated rings. The van der Waals surface area contributed by atoms with Gasteiger partial charge in [-0.15, -0.1) is 0 Å². The molecule has 0 bridgehead atoms. The summed E-state index contributed by atoms with van der Waals surface area (Å²) in [6.45, 7) is 16.4. The van der Waals surface area contributed by atoms with Gasteiger partial charge in [-0.2, -0.15) is 0 Å². The lowest BCUT2D eigenvalue weighted by molar-refractivity contribution is -0.189. The topological polar surface area (TPSA) is 44.8 Å². The Hall–Kier alpha value is -0.610. The standard InChI is InChI=1S/C24H44O4/c1-8-21(3,4)18-23(7,22(5,6)9-2)20(25)26-16-13-19-17-27-24(28-19)14-11-10-12-15-24/h19H,8-18H2,1-7H3. The Morgan fingerprint density at radius 2 is 1.68 bits per heavy atom. The van der Waals surface area contributed by atoms with Crippen molar-refractivity contribution in [2.45, 2.75) is 118 Å². The smallest absolute Gasteiger partial charge is 0.312 e. The number of rotatable bonds is 9. The first-order valence-electron chi connectivity index (χ1n) is 11.5. The van der Waals surface area contributed by atoms with Gasteiger partial charge in [-0.1, -0.05) is 54.4 Å². The van der Waals surface area contributed by atoms with Crippen LogP contribution in [0.3, 0.4) is 0 Å². The summed E-state index contributed by atoms with van der Waals surface area (Å²) < 4.78 is 18.1. The van der Waals surface area contributed by atoms with Gasteiger partial charge in [-0.05, 0) is 43.4 Å². The fourth-order valence-corrected chi connectivity index (χ4v) is 4.61. The van der Waals surface area contributed by atoms with Crippen molar-refractivity contribution < 1.29 is 19.0 Å². The molecule has 0 N–H and O–H groups in total. The Balaban J connectivity index is 1.93. The molecule has 4 nitrogen and oxygen atoms in total. The highest BCUT2D eigenvalue weighted by Crippen LogP contribution is 2.50.